The first kappa shape index (κ1) is 23.3. The van der Waals surface area contributed by atoms with Crippen LogP contribution in [0.2, 0.25) is 0 Å². The van der Waals surface area contributed by atoms with Crippen LogP contribution in [-0.2, 0) is 4.79 Å². The number of allylic oxidation sites excluding steroid dienone is 2. The lowest BCUT2D eigenvalue weighted by atomic mass is 9.46. The Labute approximate surface area is 191 Å². The minimum atomic E-state index is -0.412. The number of hydrogen-bond acceptors (Lipinski definition) is 2. The molecule has 2 nitrogen and oxygen atoms in total. The van der Waals surface area contributed by atoms with Gasteiger partial charge in [-0.15, -0.1) is 0 Å². The summed E-state index contributed by atoms with van der Waals surface area (Å²) in [7, 11) is 0. The molecule has 3 saturated carbocycles. The fourth-order valence-corrected chi connectivity index (χ4v) is 8.79. The highest BCUT2D eigenvalue weighted by Gasteiger charge is 2.60. The summed E-state index contributed by atoms with van der Waals surface area (Å²) in [5.74, 6) is 5.00. The smallest absolute Gasteiger partial charge is 0.155 e. The van der Waals surface area contributed by atoms with Crippen LogP contribution >= 0.6 is 0 Å². The Morgan fingerprint density at radius 2 is 1.84 bits per heavy atom. The highest BCUT2D eigenvalue weighted by Crippen LogP contribution is 2.67. The van der Waals surface area contributed by atoms with E-state index in [9.17, 15) is 9.90 Å². The molecule has 2 heteroatoms. The van der Waals surface area contributed by atoms with Crippen molar-refractivity contribution < 1.29 is 9.90 Å². The number of rotatable bonds is 5. The standard InChI is InChI=1S/C29H46O2/c1-7-20(18(2)3)9-8-19(4)23-10-11-24-22-17-27(31)26-16-21(30)12-14-29(26,6)25(22)13-15-28(23,24)5/h8-9,16,18-20,22-25,27,31H,7,10-15,17H2,1-6H3/t19-,20-,22+,23-,24+,25+,27+,28-,29-/m1/s1. The van der Waals surface area contributed by atoms with E-state index in [4.69, 9.17) is 0 Å². The average Bonchev–Trinajstić information content (AvgIpc) is 3.07. The number of hydrogen-bond donors (Lipinski definition) is 1. The van der Waals surface area contributed by atoms with Crippen LogP contribution in [-0.4, -0.2) is 17.0 Å². The van der Waals surface area contributed by atoms with Crippen LogP contribution < -0.4 is 0 Å². The van der Waals surface area contributed by atoms with Gasteiger partial charge in [0.1, 0.15) is 0 Å². The second kappa shape index (κ2) is 8.47. The van der Waals surface area contributed by atoms with E-state index in [1.807, 2.05) is 6.08 Å². The molecule has 0 aliphatic heterocycles. The van der Waals surface area contributed by atoms with Gasteiger partial charge >= 0.3 is 0 Å². The van der Waals surface area contributed by atoms with Crippen molar-refractivity contribution in [3.05, 3.63) is 23.8 Å². The first-order valence-corrected chi connectivity index (χ1v) is 13.2. The molecule has 0 aromatic rings. The van der Waals surface area contributed by atoms with Gasteiger partial charge in [0.05, 0.1) is 6.10 Å². The molecule has 0 unspecified atom stereocenters. The van der Waals surface area contributed by atoms with E-state index in [1.54, 1.807) is 0 Å². The highest BCUT2D eigenvalue weighted by atomic mass is 16.3. The summed E-state index contributed by atoms with van der Waals surface area (Å²) in [6.07, 6.45) is 15.4. The van der Waals surface area contributed by atoms with Crippen molar-refractivity contribution in [1.29, 1.82) is 0 Å². The van der Waals surface area contributed by atoms with Crippen LogP contribution in [0.15, 0.2) is 23.8 Å². The number of carbonyl (C=O) groups excluding carboxylic acids is 1. The Hall–Kier alpha value is -0.890. The molecule has 0 heterocycles. The molecule has 31 heavy (non-hydrogen) atoms. The van der Waals surface area contributed by atoms with Gasteiger partial charge in [0.2, 0.25) is 0 Å². The average molecular weight is 427 g/mol. The molecule has 0 radical (unpaired) electrons. The Morgan fingerprint density at radius 1 is 1.10 bits per heavy atom. The van der Waals surface area contributed by atoms with E-state index in [0.29, 0.717) is 41.4 Å². The lowest BCUT2D eigenvalue weighted by Gasteiger charge is -2.59. The zero-order chi connectivity index (χ0) is 22.6. The maximum atomic E-state index is 12.1. The maximum Gasteiger partial charge on any atom is 0.155 e. The number of carbonyl (C=O) groups is 1. The summed E-state index contributed by atoms with van der Waals surface area (Å²) in [5, 5.41) is 11.1. The van der Waals surface area contributed by atoms with Gasteiger partial charge in [-0.05, 0) is 109 Å². The Bertz CT molecular complexity index is 748. The Kier molecular flexibility index (Phi) is 6.36. The van der Waals surface area contributed by atoms with Crippen molar-refractivity contribution in [1.82, 2.24) is 0 Å². The van der Waals surface area contributed by atoms with Crippen molar-refractivity contribution in [3.63, 3.8) is 0 Å². The molecule has 4 aliphatic carbocycles. The Balaban J connectivity index is 1.55. The first-order chi connectivity index (χ1) is 14.6. The first-order valence-electron chi connectivity index (χ1n) is 13.2. The van der Waals surface area contributed by atoms with Crippen LogP contribution in [0, 0.1) is 52.3 Å². The lowest BCUT2D eigenvalue weighted by molar-refractivity contribution is -0.119. The van der Waals surface area contributed by atoms with Crippen molar-refractivity contribution >= 4 is 5.78 Å². The summed E-state index contributed by atoms with van der Waals surface area (Å²) in [6, 6.07) is 0. The van der Waals surface area contributed by atoms with Gasteiger partial charge in [-0.1, -0.05) is 53.7 Å². The summed E-state index contributed by atoms with van der Waals surface area (Å²) in [6.45, 7) is 14.4. The highest BCUT2D eigenvalue weighted by molar-refractivity contribution is 5.91. The Morgan fingerprint density at radius 3 is 2.52 bits per heavy atom. The van der Waals surface area contributed by atoms with E-state index in [0.717, 1.165) is 30.3 Å². The van der Waals surface area contributed by atoms with Crippen LogP contribution in [0.25, 0.3) is 0 Å². The maximum absolute atomic E-state index is 12.1. The molecule has 9 atom stereocenters. The fourth-order valence-electron chi connectivity index (χ4n) is 8.79. The molecule has 4 rings (SSSR count). The number of aliphatic hydroxyl groups excluding tert-OH is 1. The zero-order valence-corrected chi connectivity index (χ0v) is 20.9. The monoisotopic (exact) mass is 426 g/mol. The van der Waals surface area contributed by atoms with E-state index in [1.165, 1.54) is 32.1 Å². The van der Waals surface area contributed by atoms with Crippen molar-refractivity contribution in [2.75, 3.05) is 0 Å². The van der Waals surface area contributed by atoms with E-state index >= 15 is 0 Å². The fraction of sp³-hybridized carbons (Fsp3) is 0.828. The number of ketones is 1. The molecule has 0 spiro atoms. The topological polar surface area (TPSA) is 37.3 Å². The molecular weight excluding hydrogens is 380 g/mol. The molecule has 4 aliphatic rings. The van der Waals surface area contributed by atoms with E-state index in [-0.39, 0.29) is 11.2 Å². The normalized spacial score (nSPS) is 44.6. The van der Waals surface area contributed by atoms with Crippen molar-refractivity contribution in [2.45, 2.75) is 99.0 Å². The van der Waals surface area contributed by atoms with Crippen LogP contribution in [0.4, 0.5) is 0 Å². The second-order valence-electron chi connectivity index (χ2n) is 12.4. The number of aliphatic hydroxyl groups is 1. The van der Waals surface area contributed by atoms with Gasteiger partial charge in [0.25, 0.3) is 0 Å². The molecule has 174 valence electrons. The quantitative estimate of drug-likeness (QED) is 0.481. The molecule has 0 bridgehead atoms. The second-order valence-corrected chi connectivity index (χ2v) is 12.4. The van der Waals surface area contributed by atoms with Gasteiger partial charge in [-0.25, -0.2) is 0 Å². The van der Waals surface area contributed by atoms with E-state index in [2.05, 4.69) is 53.7 Å². The van der Waals surface area contributed by atoms with Crippen molar-refractivity contribution in [3.8, 4) is 0 Å². The van der Waals surface area contributed by atoms with Gasteiger partial charge in [0.15, 0.2) is 5.78 Å². The lowest BCUT2D eigenvalue weighted by Crippen LogP contribution is -2.54. The van der Waals surface area contributed by atoms with Gasteiger partial charge in [0, 0.05) is 6.42 Å². The predicted octanol–water partition coefficient (Wildman–Crippen LogP) is 6.98. The van der Waals surface area contributed by atoms with Gasteiger partial charge in [-0.2, -0.15) is 0 Å². The predicted molar refractivity (Wildman–Crippen MR) is 129 cm³/mol. The molecular formula is C29H46O2. The summed E-state index contributed by atoms with van der Waals surface area (Å²) in [4.78, 5) is 12.1. The minimum absolute atomic E-state index is 0.0345. The third-order valence-corrected chi connectivity index (χ3v) is 10.7. The summed E-state index contributed by atoms with van der Waals surface area (Å²) < 4.78 is 0. The number of fused-ring (bicyclic) bond motifs is 5. The molecule has 0 saturated heterocycles. The molecule has 0 aromatic heterocycles. The third-order valence-electron chi connectivity index (χ3n) is 10.7. The third kappa shape index (κ3) is 3.79. The molecule has 1 N–H and O–H groups in total. The summed E-state index contributed by atoms with van der Waals surface area (Å²) in [5.41, 5.74) is 1.50. The van der Waals surface area contributed by atoms with Crippen molar-refractivity contribution in [2.24, 2.45) is 52.3 Å². The van der Waals surface area contributed by atoms with Crippen LogP contribution in [0.1, 0.15) is 92.9 Å². The SMILES string of the molecule is CC[C@H](C=C[C@@H](C)[C@H]1CC[C@H]2[C@@H]3C[C@H](O)C4=CC(=O)CC[C@]4(C)[C@H]3CC[C@]12C)C(C)C. The molecule has 3 fully saturated rings. The van der Waals surface area contributed by atoms with Gasteiger partial charge in [-0.3, -0.25) is 4.79 Å². The summed E-state index contributed by atoms with van der Waals surface area (Å²) >= 11 is 0. The molecule has 0 amide bonds. The van der Waals surface area contributed by atoms with E-state index < -0.39 is 6.10 Å². The largest absolute Gasteiger partial charge is 0.389 e. The van der Waals surface area contributed by atoms with Crippen LogP contribution in [0.3, 0.4) is 0 Å². The van der Waals surface area contributed by atoms with Gasteiger partial charge < -0.3 is 5.11 Å². The zero-order valence-electron chi connectivity index (χ0n) is 20.9. The minimum Gasteiger partial charge on any atom is -0.389 e. The van der Waals surface area contributed by atoms with Crippen LogP contribution in [0.5, 0.6) is 0 Å². The molecule has 0 aromatic carbocycles.